The van der Waals surface area contributed by atoms with Crippen molar-refractivity contribution in [3.63, 3.8) is 0 Å². The Hall–Kier alpha value is -0.340. The Morgan fingerprint density at radius 3 is 2.62 bits per heavy atom. The molecule has 1 fully saturated rings. The molecule has 0 radical (unpaired) electrons. The van der Waals surface area contributed by atoms with E-state index in [-0.39, 0.29) is 0 Å². The van der Waals surface area contributed by atoms with E-state index >= 15 is 0 Å². The summed E-state index contributed by atoms with van der Waals surface area (Å²) < 4.78 is 1.22. The molecule has 13 heavy (non-hydrogen) atoms. The van der Waals surface area contributed by atoms with Crippen LogP contribution in [0.5, 0.6) is 0 Å². The first-order valence-corrected chi connectivity index (χ1v) is 5.44. The van der Waals surface area contributed by atoms with E-state index in [1.807, 2.05) is 0 Å². The fraction of sp³-hybridized carbons (Fsp3) is 0.455. The van der Waals surface area contributed by atoms with Gasteiger partial charge in [0.15, 0.2) is 0 Å². The summed E-state index contributed by atoms with van der Waals surface area (Å²) >= 11 is 3.61. The van der Waals surface area contributed by atoms with Gasteiger partial charge in [0.25, 0.3) is 0 Å². The van der Waals surface area contributed by atoms with Crippen LogP contribution in [-0.4, -0.2) is 6.54 Å². The first-order chi connectivity index (χ1) is 6.18. The van der Waals surface area contributed by atoms with Gasteiger partial charge in [0.2, 0.25) is 0 Å². The number of hydrogen-bond donors (Lipinski definition) is 1. The van der Waals surface area contributed by atoms with Crippen LogP contribution in [0.4, 0.5) is 0 Å². The molecule has 2 rings (SSSR count). The minimum atomic E-state index is 0.298. The van der Waals surface area contributed by atoms with E-state index in [0.29, 0.717) is 5.41 Å². The molecule has 0 saturated heterocycles. The summed E-state index contributed by atoms with van der Waals surface area (Å²) in [7, 11) is 0. The van der Waals surface area contributed by atoms with Gasteiger partial charge in [-0.3, -0.25) is 0 Å². The van der Waals surface area contributed by atoms with E-state index in [2.05, 4.69) is 41.1 Å². The minimum absolute atomic E-state index is 0.298. The van der Waals surface area contributed by atoms with Crippen LogP contribution in [0.2, 0.25) is 0 Å². The maximum absolute atomic E-state index is 5.79. The number of rotatable bonds is 2. The fourth-order valence-electron chi connectivity index (χ4n) is 1.78. The van der Waals surface area contributed by atoms with E-state index in [1.54, 1.807) is 0 Å². The van der Waals surface area contributed by atoms with Gasteiger partial charge in [-0.05, 0) is 37.0 Å². The summed E-state index contributed by atoms with van der Waals surface area (Å²) in [6, 6.07) is 6.54. The lowest BCUT2D eigenvalue weighted by Gasteiger charge is -2.15. The summed E-state index contributed by atoms with van der Waals surface area (Å²) in [5.74, 6) is 0. The van der Waals surface area contributed by atoms with Crippen LogP contribution in [-0.2, 0) is 5.41 Å². The van der Waals surface area contributed by atoms with Crippen molar-refractivity contribution in [1.82, 2.24) is 0 Å². The Kier molecular flexibility index (Phi) is 2.20. The Morgan fingerprint density at radius 1 is 1.46 bits per heavy atom. The molecule has 0 unspecified atom stereocenters. The molecule has 1 aromatic carbocycles. The highest BCUT2D eigenvalue weighted by Gasteiger charge is 2.43. The predicted octanol–water partition coefficient (Wildman–Crippen LogP) is 2.75. The summed E-state index contributed by atoms with van der Waals surface area (Å²) in [4.78, 5) is 0. The molecule has 1 saturated carbocycles. The number of halogens is 1. The molecule has 1 aliphatic carbocycles. The van der Waals surface area contributed by atoms with Gasteiger partial charge in [0, 0.05) is 16.4 Å². The van der Waals surface area contributed by atoms with Crippen molar-refractivity contribution in [2.24, 2.45) is 5.73 Å². The predicted molar refractivity (Wildman–Crippen MR) is 58.8 cm³/mol. The topological polar surface area (TPSA) is 26.0 Å². The van der Waals surface area contributed by atoms with E-state index in [9.17, 15) is 0 Å². The van der Waals surface area contributed by atoms with Crippen LogP contribution in [0.3, 0.4) is 0 Å². The summed E-state index contributed by atoms with van der Waals surface area (Å²) in [5, 5.41) is 0. The lowest BCUT2D eigenvalue weighted by Crippen LogP contribution is -2.20. The smallest absolute Gasteiger partial charge is 0.0216 e. The molecule has 0 aromatic heterocycles. The lowest BCUT2D eigenvalue weighted by atomic mass is 9.95. The van der Waals surface area contributed by atoms with Crippen LogP contribution in [0, 0.1) is 6.92 Å². The first-order valence-electron chi connectivity index (χ1n) is 4.65. The molecule has 0 bridgehead atoms. The Bertz CT molecular complexity index is 329. The van der Waals surface area contributed by atoms with Gasteiger partial charge in [0.1, 0.15) is 0 Å². The molecular weight excluding hydrogens is 226 g/mol. The van der Waals surface area contributed by atoms with E-state index < -0.39 is 0 Å². The number of nitrogens with two attached hydrogens (primary N) is 1. The van der Waals surface area contributed by atoms with Gasteiger partial charge in [-0.1, -0.05) is 28.1 Å². The van der Waals surface area contributed by atoms with Crippen molar-refractivity contribution < 1.29 is 0 Å². The quantitative estimate of drug-likeness (QED) is 0.845. The average Bonchev–Trinajstić information content (AvgIpc) is 2.85. The van der Waals surface area contributed by atoms with Crippen LogP contribution >= 0.6 is 15.9 Å². The third kappa shape index (κ3) is 1.53. The Balaban J connectivity index is 2.41. The zero-order valence-electron chi connectivity index (χ0n) is 7.81. The molecule has 0 spiro atoms. The molecule has 2 heteroatoms. The highest BCUT2D eigenvalue weighted by molar-refractivity contribution is 9.10. The first kappa shape index (κ1) is 9.22. The zero-order valence-corrected chi connectivity index (χ0v) is 9.39. The second kappa shape index (κ2) is 3.10. The molecule has 0 heterocycles. The van der Waals surface area contributed by atoms with Gasteiger partial charge < -0.3 is 5.73 Å². The van der Waals surface area contributed by atoms with Gasteiger partial charge in [-0.2, -0.15) is 0 Å². The van der Waals surface area contributed by atoms with E-state index in [4.69, 9.17) is 5.73 Å². The second-order valence-electron chi connectivity index (χ2n) is 3.97. The van der Waals surface area contributed by atoms with Crippen LogP contribution < -0.4 is 5.73 Å². The van der Waals surface area contributed by atoms with Crippen molar-refractivity contribution in [2.45, 2.75) is 25.2 Å². The van der Waals surface area contributed by atoms with Crippen molar-refractivity contribution in [3.05, 3.63) is 33.8 Å². The third-order valence-corrected chi connectivity index (χ3v) is 3.60. The van der Waals surface area contributed by atoms with E-state index in [0.717, 1.165) is 6.54 Å². The van der Waals surface area contributed by atoms with Crippen molar-refractivity contribution in [2.75, 3.05) is 6.54 Å². The number of aryl methyl sites for hydroxylation is 1. The Labute approximate surface area is 87.5 Å². The molecule has 70 valence electrons. The van der Waals surface area contributed by atoms with Gasteiger partial charge in [0.05, 0.1) is 0 Å². The third-order valence-electron chi connectivity index (χ3n) is 2.94. The molecule has 0 aliphatic heterocycles. The number of benzene rings is 1. The summed E-state index contributed by atoms with van der Waals surface area (Å²) in [6.07, 6.45) is 2.48. The minimum Gasteiger partial charge on any atom is -0.330 e. The number of hydrogen-bond acceptors (Lipinski definition) is 1. The van der Waals surface area contributed by atoms with Crippen molar-refractivity contribution >= 4 is 15.9 Å². The maximum Gasteiger partial charge on any atom is 0.0216 e. The highest BCUT2D eigenvalue weighted by atomic mass is 79.9. The largest absolute Gasteiger partial charge is 0.330 e. The van der Waals surface area contributed by atoms with Crippen molar-refractivity contribution in [1.29, 1.82) is 0 Å². The highest BCUT2D eigenvalue weighted by Crippen LogP contribution is 2.49. The SMILES string of the molecule is Cc1ccc(C2(CN)CC2)c(Br)c1. The second-order valence-corrected chi connectivity index (χ2v) is 4.82. The molecule has 0 amide bonds. The molecule has 0 atom stereocenters. The summed E-state index contributed by atoms with van der Waals surface area (Å²) in [5.41, 5.74) is 8.77. The molecule has 2 N–H and O–H groups in total. The fourth-order valence-corrected chi connectivity index (χ4v) is 2.70. The Morgan fingerprint density at radius 2 is 2.15 bits per heavy atom. The molecule has 1 aliphatic rings. The van der Waals surface area contributed by atoms with Gasteiger partial charge in [-0.25, -0.2) is 0 Å². The summed E-state index contributed by atoms with van der Waals surface area (Å²) in [6.45, 7) is 2.88. The normalized spacial score (nSPS) is 18.7. The van der Waals surface area contributed by atoms with E-state index in [1.165, 1.54) is 28.4 Å². The van der Waals surface area contributed by atoms with Crippen LogP contribution in [0.15, 0.2) is 22.7 Å². The maximum atomic E-state index is 5.79. The van der Waals surface area contributed by atoms with Crippen LogP contribution in [0.25, 0.3) is 0 Å². The molecular formula is C11H14BrN. The van der Waals surface area contributed by atoms with Crippen molar-refractivity contribution in [3.8, 4) is 0 Å². The zero-order chi connectivity index (χ0) is 9.47. The van der Waals surface area contributed by atoms with Gasteiger partial charge >= 0.3 is 0 Å². The van der Waals surface area contributed by atoms with Crippen LogP contribution in [0.1, 0.15) is 24.0 Å². The lowest BCUT2D eigenvalue weighted by molar-refractivity contribution is 0.701. The average molecular weight is 240 g/mol. The molecule has 1 aromatic rings. The molecule has 1 nitrogen and oxygen atoms in total. The standard InChI is InChI=1S/C11H14BrN/c1-8-2-3-9(10(12)6-8)11(7-13)4-5-11/h2-3,6H,4-5,7,13H2,1H3. The van der Waals surface area contributed by atoms with Gasteiger partial charge in [-0.15, -0.1) is 0 Å². The monoisotopic (exact) mass is 239 g/mol.